The lowest BCUT2D eigenvalue weighted by molar-refractivity contribution is -0.121. The molecule has 6 heteroatoms. The number of hydrogen-bond acceptors (Lipinski definition) is 6. The summed E-state index contributed by atoms with van der Waals surface area (Å²) in [4.78, 5) is 30.2. The Bertz CT molecular complexity index is 942. The number of methoxy groups -OCH3 is 1. The van der Waals surface area contributed by atoms with Gasteiger partial charge in [0.25, 0.3) is 0 Å². The molecule has 1 unspecified atom stereocenters. The van der Waals surface area contributed by atoms with Gasteiger partial charge in [-0.1, -0.05) is 30.3 Å². The summed E-state index contributed by atoms with van der Waals surface area (Å²) in [6, 6.07) is 11.8. The fraction of sp³-hybridized carbons (Fsp3) is 0.409. The molecule has 0 aromatic heterocycles. The highest BCUT2D eigenvalue weighted by molar-refractivity contribution is 6.25. The van der Waals surface area contributed by atoms with Gasteiger partial charge in [0, 0.05) is 35.9 Å². The summed E-state index contributed by atoms with van der Waals surface area (Å²) in [6.07, 6.45) is 0.407. The smallest absolute Gasteiger partial charge is 0.225 e. The second kappa shape index (κ2) is 7.01. The molecule has 0 amide bonds. The van der Waals surface area contributed by atoms with Crippen LogP contribution in [0, 0.1) is 11.3 Å². The summed E-state index contributed by atoms with van der Waals surface area (Å²) in [5, 5.41) is 9.90. The van der Waals surface area contributed by atoms with E-state index in [-0.39, 0.29) is 35.5 Å². The number of benzene rings is 1. The van der Waals surface area contributed by atoms with Crippen LogP contribution in [0.2, 0.25) is 0 Å². The lowest BCUT2D eigenvalue weighted by atomic mass is 9.75. The Hall–Kier alpha value is -2.75. The first kappa shape index (κ1) is 18.6. The molecule has 0 saturated carbocycles. The van der Waals surface area contributed by atoms with Gasteiger partial charge in [-0.2, -0.15) is 5.26 Å². The predicted molar refractivity (Wildman–Crippen MR) is 103 cm³/mol. The maximum Gasteiger partial charge on any atom is 0.225 e. The van der Waals surface area contributed by atoms with E-state index >= 15 is 0 Å². The molecule has 144 valence electrons. The zero-order valence-electron chi connectivity index (χ0n) is 16.3. The first-order valence-electron chi connectivity index (χ1n) is 9.44. The Morgan fingerprint density at radius 3 is 2.57 bits per heavy atom. The van der Waals surface area contributed by atoms with E-state index < -0.39 is 0 Å². The van der Waals surface area contributed by atoms with Gasteiger partial charge in [-0.3, -0.25) is 19.4 Å². The largest absolute Gasteiger partial charge is 0.492 e. The number of rotatable bonds is 3. The minimum absolute atomic E-state index is 0.122. The van der Waals surface area contributed by atoms with Crippen LogP contribution in [-0.4, -0.2) is 60.2 Å². The van der Waals surface area contributed by atoms with Gasteiger partial charge in [0.15, 0.2) is 11.5 Å². The van der Waals surface area contributed by atoms with E-state index in [1.165, 1.54) is 7.11 Å². The summed E-state index contributed by atoms with van der Waals surface area (Å²) in [5.41, 5.74) is 2.60. The molecule has 2 bridgehead atoms. The average Bonchev–Trinajstić information content (AvgIpc) is 2.69. The van der Waals surface area contributed by atoms with Crippen LogP contribution < -0.4 is 0 Å². The van der Waals surface area contributed by atoms with Crippen molar-refractivity contribution in [1.29, 1.82) is 5.26 Å². The van der Waals surface area contributed by atoms with Crippen molar-refractivity contribution in [1.82, 2.24) is 9.80 Å². The van der Waals surface area contributed by atoms with Crippen molar-refractivity contribution in [3.63, 3.8) is 0 Å². The third-order valence-electron chi connectivity index (χ3n) is 6.22. The molecule has 28 heavy (non-hydrogen) atoms. The fourth-order valence-electron chi connectivity index (χ4n) is 4.75. The zero-order valence-corrected chi connectivity index (χ0v) is 16.3. The number of ether oxygens (including phenoxy) is 1. The first-order valence-corrected chi connectivity index (χ1v) is 9.44. The van der Waals surface area contributed by atoms with Crippen LogP contribution in [0.15, 0.2) is 52.8 Å². The number of ketones is 2. The van der Waals surface area contributed by atoms with Gasteiger partial charge >= 0.3 is 0 Å². The van der Waals surface area contributed by atoms with Crippen LogP contribution in [0.3, 0.4) is 0 Å². The number of carbonyl (C=O) groups is 2. The van der Waals surface area contributed by atoms with Gasteiger partial charge in [0.05, 0.1) is 19.2 Å². The minimum atomic E-state index is -0.341. The monoisotopic (exact) mass is 377 g/mol. The van der Waals surface area contributed by atoms with E-state index in [0.717, 1.165) is 5.56 Å². The number of fused-ring (bicyclic) bond motifs is 3. The quantitative estimate of drug-likeness (QED) is 0.749. The highest BCUT2D eigenvalue weighted by Crippen LogP contribution is 2.40. The van der Waals surface area contributed by atoms with Crippen LogP contribution in [0.25, 0.3) is 0 Å². The number of hydrogen-bond donors (Lipinski definition) is 0. The molecule has 2 heterocycles. The van der Waals surface area contributed by atoms with Gasteiger partial charge in [0.2, 0.25) is 5.78 Å². The van der Waals surface area contributed by atoms with E-state index in [0.29, 0.717) is 36.2 Å². The molecule has 0 N–H and O–H groups in total. The van der Waals surface area contributed by atoms with E-state index in [1.807, 2.05) is 37.4 Å². The molecule has 4 rings (SSSR count). The molecule has 3 aliphatic rings. The summed E-state index contributed by atoms with van der Waals surface area (Å²) in [6.45, 7) is 2.80. The number of likely N-dealkylation sites (N-methyl/N-ethyl adjacent to an activating group) is 1. The Morgan fingerprint density at radius 2 is 1.93 bits per heavy atom. The molecule has 1 saturated heterocycles. The summed E-state index contributed by atoms with van der Waals surface area (Å²) in [5.74, 6) is -0.171. The molecule has 1 fully saturated rings. The Morgan fingerprint density at radius 1 is 1.21 bits per heavy atom. The van der Waals surface area contributed by atoms with Crippen molar-refractivity contribution in [2.24, 2.45) is 0 Å². The summed E-state index contributed by atoms with van der Waals surface area (Å²) >= 11 is 0. The normalized spacial score (nSPS) is 28.3. The molecule has 2 aliphatic heterocycles. The van der Waals surface area contributed by atoms with E-state index in [9.17, 15) is 14.9 Å². The highest BCUT2D eigenvalue weighted by Gasteiger charge is 2.50. The van der Waals surface area contributed by atoms with Crippen LogP contribution in [-0.2, 0) is 20.9 Å². The zero-order chi connectivity index (χ0) is 20.0. The second-order valence-electron chi connectivity index (χ2n) is 7.65. The topological polar surface area (TPSA) is 73.6 Å². The lowest BCUT2D eigenvalue weighted by Gasteiger charge is -2.52. The standard InChI is InChI=1S/C22H23N3O3/c1-13-20(26)15-9-16-17(10-23)25(11-14-7-5-4-6-8-14)12-18(24(16)2)19(15)21(27)22(13)28-3/h4-8,16-18H,9,11-12H2,1-3H3/t16-,17?,18-/m1/s1. The second-order valence-corrected chi connectivity index (χ2v) is 7.65. The Labute approximate surface area is 164 Å². The summed E-state index contributed by atoms with van der Waals surface area (Å²) in [7, 11) is 3.37. The maximum atomic E-state index is 13.1. The third kappa shape index (κ3) is 2.70. The fourth-order valence-corrected chi connectivity index (χ4v) is 4.75. The summed E-state index contributed by atoms with van der Waals surface area (Å²) < 4.78 is 5.26. The number of piperazine rings is 1. The van der Waals surface area contributed by atoms with Gasteiger partial charge in [0.1, 0.15) is 6.04 Å². The maximum absolute atomic E-state index is 13.1. The lowest BCUT2D eigenvalue weighted by Crippen LogP contribution is -2.65. The van der Waals surface area contributed by atoms with Crippen LogP contribution in [0.1, 0.15) is 18.9 Å². The van der Waals surface area contributed by atoms with Crippen molar-refractivity contribution in [3.05, 3.63) is 58.4 Å². The van der Waals surface area contributed by atoms with Gasteiger partial charge < -0.3 is 4.74 Å². The Balaban J connectivity index is 1.73. The molecule has 1 aromatic rings. The number of nitrogens with zero attached hydrogens (tertiary/aromatic N) is 3. The highest BCUT2D eigenvalue weighted by atomic mass is 16.5. The predicted octanol–water partition coefficient (Wildman–Crippen LogP) is 1.84. The molecular weight excluding hydrogens is 354 g/mol. The number of carbonyl (C=O) groups excluding carboxylic acids is 2. The van der Waals surface area contributed by atoms with Crippen LogP contribution in [0.4, 0.5) is 0 Å². The van der Waals surface area contributed by atoms with Crippen molar-refractivity contribution < 1.29 is 14.3 Å². The minimum Gasteiger partial charge on any atom is -0.492 e. The number of Topliss-reactive ketones (excluding diaryl/α,β-unsaturated/α-hetero) is 2. The molecule has 0 spiro atoms. The van der Waals surface area contributed by atoms with Crippen molar-refractivity contribution >= 4 is 11.6 Å². The van der Waals surface area contributed by atoms with E-state index in [2.05, 4.69) is 15.9 Å². The van der Waals surface area contributed by atoms with Gasteiger partial charge in [-0.15, -0.1) is 0 Å². The first-order chi connectivity index (χ1) is 13.5. The molecule has 0 radical (unpaired) electrons. The van der Waals surface area contributed by atoms with E-state index in [4.69, 9.17) is 4.74 Å². The van der Waals surface area contributed by atoms with Crippen molar-refractivity contribution in [2.75, 3.05) is 20.7 Å². The van der Waals surface area contributed by atoms with Crippen molar-refractivity contribution in [2.45, 2.75) is 38.0 Å². The van der Waals surface area contributed by atoms with E-state index in [1.54, 1.807) is 6.92 Å². The molecule has 6 nitrogen and oxygen atoms in total. The van der Waals surface area contributed by atoms with Crippen molar-refractivity contribution in [3.8, 4) is 6.07 Å². The van der Waals surface area contributed by atoms with Gasteiger partial charge in [-0.25, -0.2) is 0 Å². The third-order valence-corrected chi connectivity index (χ3v) is 6.22. The molecular formula is C22H23N3O3. The molecule has 1 aromatic carbocycles. The number of allylic oxidation sites excluding steroid dienone is 2. The SMILES string of the molecule is COC1=C(C)C(=O)C2=C(C1=O)[C@H]1CN(Cc3ccccc3)C(C#N)[C@@H](C2)N1C. The van der Waals surface area contributed by atoms with Crippen LogP contribution >= 0.6 is 0 Å². The molecule has 3 atom stereocenters. The Kier molecular flexibility index (Phi) is 4.66. The van der Waals surface area contributed by atoms with Crippen LogP contribution in [0.5, 0.6) is 0 Å². The number of nitriles is 1. The average molecular weight is 377 g/mol. The molecule has 1 aliphatic carbocycles. The van der Waals surface area contributed by atoms with Gasteiger partial charge in [-0.05, 0) is 26.0 Å².